The van der Waals surface area contributed by atoms with E-state index in [1.165, 1.54) is 9.80 Å². The van der Waals surface area contributed by atoms with E-state index >= 15 is 0 Å². The summed E-state index contributed by atoms with van der Waals surface area (Å²) in [5.41, 5.74) is 16.6. The number of amides is 9. The number of likely N-dealkylation sites (tertiary alicyclic amines) is 2. The predicted molar refractivity (Wildman–Crippen MR) is 211 cm³/mol. The van der Waals surface area contributed by atoms with Gasteiger partial charge in [-0.2, -0.15) is 0 Å². The van der Waals surface area contributed by atoms with Gasteiger partial charge in [-0.25, -0.2) is 4.79 Å². The number of carbonyl (C=O) groups is 10. The number of rotatable bonds is 22. The number of carboxylic acids is 1. The van der Waals surface area contributed by atoms with E-state index in [-0.39, 0.29) is 70.9 Å². The van der Waals surface area contributed by atoms with Gasteiger partial charge in [0.1, 0.15) is 36.3 Å². The van der Waals surface area contributed by atoms with Crippen LogP contribution in [-0.2, 0) is 54.4 Å². The number of carboxylic acid groups (broad SMARTS) is 1. The monoisotopic (exact) mass is 840 g/mol. The normalized spacial score (nSPS) is 20.6. The first-order valence-electron chi connectivity index (χ1n) is 20.2. The summed E-state index contributed by atoms with van der Waals surface area (Å²) in [6.07, 6.45) is 0.924. The van der Waals surface area contributed by atoms with Crippen molar-refractivity contribution in [3.63, 3.8) is 0 Å². The van der Waals surface area contributed by atoms with Crippen molar-refractivity contribution in [3.05, 3.63) is 35.9 Å². The molecule has 0 aromatic heterocycles. The van der Waals surface area contributed by atoms with Crippen molar-refractivity contribution < 1.29 is 53.1 Å². The Morgan fingerprint density at radius 1 is 0.617 bits per heavy atom. The second-order valence-corrected chi connectivity index (χ2v) is 15.3. The quantitative estimate of drug-likeness (QED) is 0.0557. The SMILES string of the molecule is NC(=O)CC[C@H](NC(=O)[C@@H]1CCCN1C(=O)[C@H](Cc1ccccc1)NC(=O)[C@@H]1CCCN1C(=O)[C@H](CCC(N)=O)NC(=O)[C@H](CCC(N)=O)NC(=O)[C@@H]1CCCN1)C(=O)O. The molecule has 4 rings (SSSR count). The van der Waals surface area contributed by atoms with Crippen molar-refractivity contribution in [2.24, 2.45) is 17.2 Å². The topological polar surface area (TPSA) is 336 Å². The number of nitrogens with zero attached hydrogens (tertiary/aromatic N) is 2. The van der Waals surface area contributed by atoms with Gasteiger partial charge >= 0.3 is 5.97 Å². The molecular weight excluding hydrogens is 784 g/mol. The Labute approximate surface area is 346 Å². The molecule has 3 heterocycles. The van der Waals surface area contributed by atoms with Crippen LogP contribution in [0.2, 0.25) is 0 Å². The van der Waals surface area contributed by atoms with Gasteiger partial charge in [0.15, 0.2) is 0 Å². The molecule has 0 spiro atoms. The number of carbonyl (C=O) groups excluding carboxylic acids is 9. The fourth-order valence-electron chi connectivity index (χ4n) is 7.69. The maximum atomic E-state index is 14.3. The maximum absolute atomic E-state index is 14.3. The highest BCUT2D eigenvalue weighted by Crippen LogP contribution is 2.23. The van der Waals surface area contributed by atoms with Crippen LogP contribution in [0.25, 0.3) is 0 Å². The van der Waals surface area contributed by atoms with Crippen LogP contribution < -0.4 is 43.8 Å². The molecule has 0 unspecified atom stereocenters. The highest BCUT2D eigenvalue weighted by Gasteiger charge is 2.42. The van der Waals surface area contributed by atoms with Gasteiger partial charge in [0.25, 0.3) is 0 Å². The van der Waals surface area contributed by atoms with Gasteiger partial charge in [0.05, 0.1) is 6.04 Å². The highest BCUT2D eigenvalue weighted by atomic mass is 16.4. The molecule has 0 radical (unpaired) electrons. The zero-order valence-electron chi connectivity index (χ0n) is 33.4. The molecule has 9 amide bonds. The molecule has 0 bridgehead atoms. The van der Waals surface area contributed by atoms with E-state index in [9.17, 15) is 53.1 Å². The summed E-state index contributed by atoms with van der Waals surface area (Å²) in [7, 11) is 0. The Kier molecular flexibility index (Phi) is 17.3. The fraction of sp³-hybridized carbons (Fsp3) is 0.590. The largest absolute Gasteiger partial charge is 0.480 e. The number of nitrogens with one attached hydrogen (secondary N) is 5. The summed E-state index contributed by atoms with van der Waals surface area (Å²) >= 11 is 0. The molecule has 3 fully saturated rings. The van der Waals surface area contributed by atoms with E-state index < -0.39 is 101 Å². The number of aliphatic carboxylic acids is 1. The second kappa shape index (κ2) is 22.3. The van der Waals surface area contributed by atoms with Gasteiger partial charge in [-0.1, -0.05) is 30.3 Å². The van der Waals surface area contributed by atoms with E-state index in [2.05, 4.69) is 26.6 Å². The molecule has 0 saturated carbocycles. The number of hydrogen-bond donors (Lipinski definition) is 9. The van der Waals surface area contributed by atoms with Crippen LogP contribution in [0.1, 0.15) is 82.6 Å². The van der Waals surface area contributed by atoms with Gasteiger partial charge in [0.2, 0.25) is 53.2 Å². The average Bonchev–Trinajstić information content (AvgIpc) is 4.02. The molecule has 3 saturated heterocycles. The second-order valence-electron chi connectivity index (χ2n) is 15.3. The molecule has 328 valence electrons. The van der Waals surface area contributed by atoms with Gasteiger partial charge < -0.3 is 58.7 Å². The van der Waals surface area contributed by atoms with Crippen molar-refractivity contribution in [1.29, 1.82) is 0 Å². The molecule has 1 aromatic rings. The Bertz CT molecular complexity index is 1770. The Morgan fingerprint density at radius 2 is 1.10 bits per heavy atom. The van der Waals surface area contributed by atoms with Crippen molar-refractivity contribution in [2.45, 2.75) is 126 Å². The smallest absolute Gasteiger partial charge is 0.326 e. The molecule has 21 heteroatoms. The zero-order valence-corrected chi connectivity index (χ0v) is 33.4. The molecule has 3 aliphatic rings. The Balaban J connectivity index is 1.53. The van der Waals surface area contributed by atoms with Crippen LogP contribution >= 0.6 is 0 Å². The molecule has 0 aliphatic carbocycles. The predicted octanol–water partition coefficient (Wildman–Crippen LogP) is -3.22. The van der Waals surface area contributed by atoms with Crippen LogP contribution in [0, 0.1) is 0 Å². The van der Waals surface area contributed by atoms with Crippen molar-refractivity contribution in [2.75, 3.05) is 19.6 Å². The Hall–Kier alpha value is -6.12. The minimum Gasteiger partial charge on any atom is -0.480 e. The van der Waals surface area contributed by atoms with Crippen molar-refractivity contribution in [1.82, 2.24) is 36.4 Å². The molecule has 21 nitrogen and oxygen atoms in total. The summed E-state index contributed by atoms with van der Waals surface area (Å²) < 4.78 is 0. The Morgan fingerprint density at radius 3 is 1.60 bits per heavy atom. The van der Waals surface area contributed by atoms with Gasteiger partial charge in [-0.15, -0.1) is 0 Å². The number of nitrogens with two attached hydrogens (primary N) is 3. The fourth-order valence-corrected chi connectivity index (χ4v) is 7.69. The third kappa shape index (κ3) is 13.5. The van der Waals surface area contributed by atoms with Crippen molar-refractivity contribution in [3.8, 4) is 0 Å². The lowest BCUT2D eigenvalue weighted by Crippen LogP contribution is -2.59. The molecule has 12 N–H and O–H groups in total. The first-order chi connectivity index (χ1) is 28.5. The number of benzene rings is 1. The molecular formula is C39H56N10O11. The van der Waals surface area contributed by atoms with Gasteiger partial charge in [-0.3, -0.25) is 43.2 Å². The third-order valence-corrected chi connectivity index (χ3v) is 10.9. The number of hydrogen-bond acceptors (Lipinski definition) is 11. The van der Waals surface area contributed by atoms with E-state index in [0.29, 0.717) is 31.4 Å². The van der Waals surface area contributed by atoms with Gasteiger partial charge in [-0.05, 0) is 69.9 Å². The summed E-state index contributed by atoms with van der Waals surface area (Å²) in [6.45, 7) is 0.822. The van der Waals surface area contributed by atoms with Crippen LogP contribution in [0.3, 0.4) is 0 Å². The van der Waals surface area contributed by atoms with Crippen LogP contribution in [0.5, 0.6) is 0 Å². The zero-order chi connectivity index (χ0) is 43.9. The first-order valence-corrected chi connectivity index (χ1v) is 20.2. The highest BCUT2D eigenvalue weighted by molar-refractivity contribution is 5.98. The van der Waals surface area contributed by atoms with Crippen LogP contribution in [-0.4, -0.2) is 136 Å². The molecule has 60 heavy (non-hydrogen) atoms. The van der Waals surface area contributed by atoms with E-state index in [1.54, 1.807) is 30.3 Å². The van der Waals surface area contributed by atoms with Gasteiger partial charge in [0, 0.05) is 38.8 Å². The van der Waals surface area contributed by atoms with Crippen LogP contribution in [0.4, 0.5) is 0 Å². The lowest BCUT2D eigenvalue weighted by atomic mass is 10.0. The summed E-state index contributed by atoms with van der Waals surface area (Å²) in [6, 6.07) is 0.709. The minimum absolute atomic E-state index is 0.000631. The lowest BCUT2D eigenvalue weighted by Gasteiger charge is -2.32. The van der Waals surface area contributed by atoms with Crippen molar-refractivity contribution >= 4 is 59.1 Å². The lowest BCUT2D eigenvalue weighted by molar-refractivity contribution is -0.146. The van der Waals surface area contributed by atoms with E-state index in [0.717, 1.165) is 6.42 Å². The van der Waals surface area contributed by atoms with E-state index in [4.69, 9.17) is 17.2 Å². The summed E-state index contributed by atoms with van der Waals surface area (Å²) in [5.74, 6) is -7.66. The summed E-state index contributed by atoms with van der Waals surface area (Å²) in [4.78, 5) is 132. The number of primary amides is 3. The molecule has 7 atom stereocenters. The standard InChI is InChI=1S/C39H56N10O11/c40-30(50)15-12-24(44-33(53)23-9-4-18-43-23)34(54)45-25(13-16-31(41)51)37(57)48-19-5-11-29(48)36(56)47-27(21-22-7-2-1-3-8-22)38(58)49-20-6-10-28(49)35(55)46-26(39(59)60)14-17-32(42)52/h1-3,7-8,23-29,43H,4-6,9-21H2,(H2,40,50)(H2,41,51)(H2,42,52)(H,44,53)(H,45,54)(H,46,55)(H,47,56)(H,59,60)/t23-,24-,25-,26-,27-,28-,29-/m0/s1. The minimum atomic E-state index is -1.43. The average molecular weight is 841 g/mol. The van der Waals surface area contributed by atoms with E-state index in [1.807, 2.05) is 0 Å². The molecule has 1 aromatic carbocycles. The maximum Gasteiger partial charge on any atom is 0.326 e. The van der Waals surface area contributed by atoms with Crippen LogP contribution in [0.15, 0.2) is 30.3 Å². The first kappa shape index (κ1) is 46.6. The molecule has 3 aliphatic heterocycles. The third-order valence-electron chi connectivity index (χ3n) is 10.9. The summed E-state index contributed by atoms with van der Waals surface area (Å²) in [5, 5.41) is 23.1.